The van der Waals surface area contributed by atoms with Crippen LogP contribution in [0.4, 0.5) is 0 Å². The molecule has 5 nitrogen and oxygen atoms in total. The summed E-state index contributed by atoms with van der Waals surface area (Å²) in [6.45, 7) is 7.85. The van der Waals surface area contributed by atoms with E-state index in [0.29, 0.717) is 6.54 Å². The van der Waals surface area contributed by atoms with E-state index < -0.39 is 0 Å². The van der Waals surface area contributed by atoms with E-state index in [2.05, 4.69) is 22.3 Å². The third-order valence-electron chi connectivity index (χ3n) is 2.72. The van der Waals surface area contributed by atoms with Crippen LogP contribution >= 0.6 is 0 Å². The van der Waals surface area contributed by atoms with Crippen LogP contribution in [0.3, 0.4) is 0 Å². The van der Waals surface area contributed by atoms with Gasteiger partial charge >= 0.3 is 0 Å². The highest BCUT2D eigenvalue weighted by atomic mass is 16.3. The molecule has 0 saturated carbocycles. The van der Waals surface area contributed by atoms with Crippen LogP contribution in [0, 0.1) is 5.92 Å². The molecule has 1 rings (SSSR count). The lowest BCUT2D eigenvalue weighted by Crippen LogP contribution is -2.34. The molecule has 86 valence electrons. The lowest BCUT2D eigenvalue weighted by Gasteiger charge is -2.18. The first-order valence-electron chi connectivity index (χ1n) is 5.40. The lowest BCUT2D eigenvalue weighted by atomic mass is 10.1. The van der Waals surface area contributed by atoms with Gasteiger partial charge in [-0.15, -0.1) is 0 Å². The van der Waals surface area contributed by atoms with E-state index in [1.54, 1.807) is 6.33 Å². The summed E-state index contributed by atoms with van der Waals surface area (Å²) in [5, 5.41) is 16.4. The normalized spacial score (nSPS) is 15.2. The first-order chi connectivity index (χ1) is 7.19. The molecule has 5 heteroatoms. The Morgan fingerprint density at radius 1 is 1.53 bits per heavy atom. The predicted molar refractivity (Wildman–Crippen MR) is 58.2 cm³/mol. The minimum absolute atomic E-state index is 0.203. The van der Waals surface area contributed by atoms with Gasteiger partial charge in [0.2, 0.25) is 0 Å². The van der Waals surface area contributed by atoms with E-state index in [9.17, 15) is 0 Å². The minimum atomic E-state index is 0.203. The van der Waals surface area contributed by atoms with Crippen molar-refractivity contribution in [2.45, 2.75) is 39.9 Å². The maximum atomic E-state index is 8.99. The van der Waals surface area contributed by atoms with Crippen molar-refractivity contribution in [1.29, 1.82) is 0 Å². The van der Waals surface area contributed by atoms with E-state index in [1.165, 1.54) is 0 Å². The molecule has 0 bridgehead atoms. The maximum Gasteiger partial charge on any atom is 0.140 e. The van der Waals surface area contributed by atoms with Gasteiger partial charge in [0.25, 0.3) is 0 Å². The van der Waals surface area contributed by atoms with E-state index in [4.69, 9.17) is 5.11 Å². The second-order valence-electron chi connectivity index (χ2n) is 3.82. The third-order valence-corrected chi connectivity index (χ3v) is 2.72. The van der Waals surface area contributed by atoms with Gasteiger partial charge in [-0.1, -0.05) is 6.92 Å². The fourth-order valence-corrected chi connectivity index (χ4v) is 1.30. The van der Waals surface area contributed by atoms with Crippen molar-refractivity contribution >= 4 is 0 Å². The number of aliphatic hydroxyl groups is 1. The summed E-state index contributed by atoms with van der Waals surface area (Å²) in [5.74, 6) is 1.19. The van der Waals surface area contributed by atoms with Crippen molar-refractivity contribution in [3.8, 4) is 0 Å². The molecule has 0 aliphatic carbocycles. The quantitative estimate of drug-likeness (QED) is 0.716. The van der Waals surface area contributed by atoms with Gasteiger partial charge in [0, 0.05) is 19.2 Å². The topological polar surface area (TPSA) is 63.0 Å². The molecule has 0 spiro atoms. The van der Waals surface area contributed by atoms with Crippen molar-refractivity contribution in [3.05, 3.63) is 12.2 Å². The second kappa shape index (κ2) is 5.82. The number of nitrogens with zero attached hydrogens (tertiary/aromatic N) is 3. The second-order valence-corrected chi connectivity index (χ2v) is 3.82. The molecule has 0 radical (unpaired) electrons. The number of aromatic nitrogens is 3. The van der Waals surface area contributed by atoms with Crippen molar-refractivity contribution in [2.75, 3.05) is 6.61 Å². The molecular weight excluding hydrogens is 192 g/mol. The average Bonchev–Trinajstić information content (AvgIpc) is 2.71. The molecule has 15 heavy (non-hydrogen) atoms. The van der Waals surface area contributed by atoms with E-state index in [0.717, 1.165) is 12.4 Å². The minimum Gasteiger partial charge on any atom is -0.396 e. The van der Waals surface area contributed by atoms with Crippen molar-refractivity contribution < 1.29 is 5.11 Å². The van der Waals surface area contributed by atoms with Crippen LogP contribution in [0.5, 0.6) is 0 Å². The SMILES string of the molecule is CCn1ncnc1CNC(C)C(C)CO. The maximum absolute atomic E-state index is 8.99. The largest absolute Gasteiger partial charge is 0.396 e. The van der Waals surface area contributed by atoms with Gasteiger partial charge in [-0.2, -0.15) is 5.10 Å². The van der Waals surface area contributed by atoms with Gasteiger partial charge in [-0.25, -0.2) is 9.67 Å². The molecule has 0 aromatic carbocycles. The molecule has 1 aromatic heterocycles. The van der Waals surface area contributed by atoms with Gasteiger partial charge in [0.05, 0.1) is 6.54 Å². The highest BCUT2D eigenvalue weighted by Gasteiger charge is 2.11. The van der Waals surface area contributed by atoms with Crippen LogP contribution in [0.15, 0.2) is 6.33 Å². The van der Waals surface area contributed by atoms with Gasteiger partial charge in [0.1, 0.15) is 12.2 Å². The Hall–Kier alpha value is -0.940. The van der Waals surface area contributed by atoms with Crippen LogP contribution in [-0.2, 0) is 13.1 Å². The number of aryl methyl sites for hydroxylation is 1. The molecule has 2 unspecified atom stereocenters. The Bertz CT molecular complexity index is 287. The van der Waals surface area contributed by atoms with Crippen LogP contribution < -0.4 is 5.32 Å². The Kier molecular flexibility index (Phi) is 4.71. The summed E-state index contributed by atoms with van der Waals surface area (Å²) in [6.07, 6.45) is 1.57. The average molecular weight is 212 g/mol. The molecule has 0 aliphatic heterocycles. The zero-order chi connectivity index (χ0) is 11.3. The highest BCUT2D eigenvalue weighted by molar-refractivity contribution is 4.84. The zero-order valence-corrected chi connectivity index (χ0v) is 9.64. The predicted octanol–water partition coefficient (Wildman–Crippen LogP) is 0.404. The van der Waals surface area contributed by atoms with Gasteiger partial charge in [-0.3, -0.25) is 0 Å². The smallest absolute Gasteiger partial charge is 0.140 e. The fourth-order valence-electron chi connectivity index (χ4n) is 1.30. The lowest BCUT2D eigenvalue weighted by molar-refractivity contribution is 0.206. The molecule has 0 aliphatic rings. The number of hydrogen-bond donors (Lipinski definition) is 2. The number of nitrogens with one attached hydrogen (secondary N) is 1. The van der Waals surface area contributed by atoms with Crippen LogP contribution in [0.25, 0.3) is 0 Å². The van der Waals surface area contributed by atoms with Crippen molar-refractivity contribution in [1.82, 2.24) is 20.1 Å². The summed E-state index contributed by atoms with van der Waals surface area (Å²) in [7, 11) is 0. The highest BCUT2D eigenvalue weighted by Crippen LogP contribution is 2.02. The molecule has 1 aromatic rings. The molecule has 0 saturated heterocycles. The molecule has 0 fully saturated rings. The summed E-state index contributed by atoms with van der Waals surface area (Å²) in [6, 6.07) is 0.275. The summed E-state index contributed by atoms with van der Waals surface area (Å²) < 4.78 is 1.86. The van der Waals surface area contributed by atoms with Gasteiger partial charge in [0.15, 0.2) is 0 Å². The molecule has 1 heterocycles. The van der Waals surface area contributed by atoms with E-state index >= 15 is 0 Å². The Morgan fingerprint density at radius 3 is 2.87 bits per heavy atom. The van der Waals surface area contributed by atoms with Gasteiger partial charge in [-0.05, 0) is 19.8 Å². The first kappa shape index (κ1) is 12.1. The number of rotatable bonds is 6. The standard InChI is InChI=1S/C10H20N4O/c1-4-14-10(12-7-13-14)5-11-9(3)8(2)6-15/h7-9,11,15H,4-6H2,1-3H3. The van der Waals surface area contributed by atoms with Crippen molar-refractivity contribution in [2.24, 2.45) is 5.92 Å². The van der Waals surface area contributed by atoms with E-state index in [-0.39, 0.29) is 18.6 Å². The molecule has 2 atom stereocenters. The summed E-state index contributed by atoms with van der Waals surface area (Å²) >= 11 is 0. The zero-order valence-electron chi connectivity index (χ0n) is 9.64. The molecule has 0 amide bonds. The van der Waals surface area contributed by atoms with Crippen LogP contribution in [0.2, 0.25) is 0 Å². The monoisotopic (exact) mass is 212 g/mol. The van der Waals surface area contributed by atoms with E-state index in [1.807, 2.05) is 18.5 Å². The Morgan fingerprint density at radius 2 is 2.27 bits per heavy atom. The third kappa shape index (κ3) is 3.28. The summed E-state index contributed by atoms with van der Waals surface area (Å²) in [5.41, 5.74) is 0. The molecule has 2 N–H and O–H groups in total. The Labute approximate surface area is 90.5 Å². The first-order valence-corrected chi connectivity index (χ1v) is 5.40. The van der Waals surface area contributed by atoms with Crippen LogP contribution in [0.1, 0.15) is 26.6 Å². The number of aliphatic hydroxyl groups excluding tert-OH is 1. The van der Waals surface area contributed by atoms with Gasteiger partial charge < -0.3 is 10.4 Å². The Balaban J connectivity index is 2.43. The summed E-state index contributed by atoms with van der Waals surface area (Å²) in [4.78, 5) is 4.17. The number of hydrogen-bond acceptors (Lipinski definition) is 4. The van der Waals surface area contributed by atoms with Crippen molar-refractivity contribution in [3.63, 3.8) is 0 Å². The van der Waals surface area contributed by atoms with Crippen LogP contribution in [-0.4, -0.2) is 32.5 Å². The fraction of sp³-hybridized carbons (Fsp3) is 0.800. The molecular formula is C10H20N4O.